The van der Waals surface area contributed by atoms with Gasteiger partial charge in [0.2, 0.25) is 0 Å². The van der Waals surface area contributed by atoms with Gasteiger partial charge in [0, 0.05) is 56.0 Å². The molecule has 0 aliphatic carbocycles. The van der Waals surface area contributed by atoms with Crippen molar-refractivity contribution in [1.29, 1.82) is 0 Å². The third-order valence-corrected chi connectivity index (χ3v) is 4.22. The van der Waals surface area contributed by atoms with Crippen molar-refractivity contribution in [1.82, 2.24) is 5.32 Å². The Bertz CT molecular complexity index is 428. The van der Waals surface area contributed by atoms with Gasteiger partial charge < -0.3 is 20.1 Å². The first-order chi connectivity index (χ1) is 9.74. The van der Waals surface area contributed by atoms with Gasteiger partial charge in [-0.25, -0.2) is 0 Å². The minimum Gasteiger partial charge on any atom is -0.396 e. The molecule has 2 rings (SSSR count). The number of anilines is 1. The number of benzene rings is 1. The lowest BCUT2D eigenvalue weighted by Gasteiger charge is -2.22. The standard InChI is InChI=1S/C15H23BrN2O2/c1-20-7-5-17-9-13-8-14(16)2-3-15(13)18-6-4-12(10-18)11-19/h2-3,8,12,17,19H,4-7,9-11H2,1H3. The summed E-state index contributed by atoms with van der Waals surface area (Å²) < 4.78 is 6.15. The van der Waals surface area contributed by atoms with Crippen LogP contribution in [0, 0.1) is 5.92 Å². The van der Waals surface area contributed by atoms with E-state index in [2.05, 4.69) is 44.3 Å². The Kier molecular flexibility index (Phi) is 6.29. The molecule has 5 heteroatoms. The van der Waals surface area contributed by atoms with E-state index in [1.54, 1.807) is 7.11 Å². The summed E-state index contributed by atoms with van der Waals surface area (Å²) >= 11 is 3.54. The highest BCUT2D eigenvalue weighted by Crippen LogP contribution is 2.29. The Morgan fingerprint density at radius 2 is 2.35 bits per heavy atom. The van der Waals surface area contributed by atoms with Crippen LogP contribution in [0.5, 0.6) is 0 Å². The van der Waals surface area contributed by atoms with Gasteiger partial charge in [0.05, 0.1) is 6.61 Å². The van der Waals surface area contributed by atoms with Crippen LogP contribution < -0.4 is 10.2 Å². The molecule has 0 aromatic heterocycles. The van der Waals surface area contributed by atoms with Crippen molar-refractivity contribution in [3.63, 3.8) is 0 Å². The molecule has 1 fully saturated rings. The van der Waals surface area contributed by atoms with Gasteiger partial charge in [-0.2, -0.15) is 0 Å². The van der Waals surface area contributed by atoms with Crippen molar-refractivity contribution in [2.45, 2.75) is 13.0 Å². The number of rotatable bonds is 7. The van der Waals surface area contributed by atoms with E-state index in [0.29, 0.717) is 5.92 Å². The first-order valence-electron chi connectivity index (χ1n) is 7.08. The molecule has 112 valence electrons. The highest BCUT2D eigenvalue weighted by Gasteiger charge is 2.23. The van der Waals surface area contributed by atoms with Crippen LogP contribution in [-0.2, 0) is 11.3 Å². The number of hydrogen-bond donors (Lipinski definition) is 2. The van der Waals surface area contributed by atoms with Crippen LogP contribution in [0.2, 0.25) is 0 Å². The molecule has 1 aliphatic rings. The van der Waals surface area contributed by atoms with Gasteiger partial charge in [0.1, 0.15) is 0 Å². The fraction of sp³-hybridized carbons (Fsp3) is 0.600. The molecule has 0 bridgehead atoms. The topological polar surface area (TPSA) is 44.7 Å². The Morgan fingerprint density at radius 3 is 3.05 bits per heavy atom. The number of aliphatic hydroxyl groups is 1. The Hall–Kier alpha value is -0.620. The molecule has 1 atom stereocenters. The van der Waals surface area contributed by atoms with Gasteiger partial charge in [0.25, 0.3) is 0 Å². The zero-order valence-electron chi connectivity index (χ0n) is 11.9. The number of methoxy groups -OCH3 is 1. The quantitative estimate of drug-likeness (QED) is 0.744. The highest BCUT2D eigenvalue weighted by atomic mass is 79.9. The summed E-state index contributed by atoms with van der Waals surface area (Å²) in [5.41, 5.74) is 2.56. The molecule has 4 nitrogen and oxygen atoms in total. The number of nitrogens with zero attached hydrogens (tertiary/aromatic N) is 1. The largest absolute Gasteiger partial charge is 0.396 e. The first-order valence-corrected chi connectivity index (χ1v) is 7.87. The molecule has 20 heavy (non-hydrogen) atoms. The SMILES string of the molecule is COCCNCc1cc(Br)ccc1N1CCC(CO)C1. The van der Waals surface area contributed by atoms with Crippen LogP contribution in [0.15, 0.2) is 22.7 Å². The fourth-order valence-corrected chi connectivity index (χ4v) is 3.01. The Balaban J connectivity index is 2.03. The third-order valence-electron chi connectivity index (χ3n) is 3.72. The molecule has 2 N–H and O–H groups in total. The number of nitrogens with one attached hydrogen (secondary N) is 1. The first kappa shape index (κ1) is 15.8. The molecule has 1 heterocycles. The summed E-state index contributed by atoms with van der Waals surface area (Å²) in [4.78, 5) is 2.38. The second kappa shape index (κ2) is 7.98. The lowest BCUT2D eigenvalue weighted by molar-refractivity contribution is 0.199. The van der Waals surface area contributed by atoms with Gasteiger partial charge in [-0.1, -0.05) is 15.9 Å². The van der Waals surface area contributed by atoms with Crippen LogP contribution >= 0.6 is 15.9 Å². The molecule has 0 radical (unpaired) electrons. The molecular weight excluding hydrogens is 320 g/mol. The minimum absolute atomic E-state index is 0.286. The smallest absolute Gasteiger partial charge is 0.0587 e. The molecule has 1 saturated heterocycles. The zero-order valence-corrected chi connectivity index (χ0v) is 13.5. The van der Waals surface area contributed by atoms with Crippen molar-refractivity contribution >= 4 is 21.6 Å². The van der Waals surface area contributed by atoms with Crippen LogP contribution in [0.25, 0.3) is 0 Å². The van der Waals surface area contributed by atoms with Crippen molar-refractivity contribution < 1.29 is 9.84 Å². The van der Waals surface area contributed by atoms with Crippen molar-refractivity contribution in [2.75, 3.05) is 44.9 Å². The second-order valence-electron chi connectivity index (χ2n) is 5.23. The summed E-state index contributed by atoms with van der Waals surface area (Å²) in [6.07, 6.45) is 1.07. The number of ether oxygens (including phenoxy) is 1. The predicted octanol–water partition coefficient (Wildman–Crippen LogP) is 2.00. The number of halogens is 1. The molecular formula is C15H23BrN2O2. The molecule has 1 unspecified atom stereocenters. The molecule has 0 spiro atoms. The summed E-state index contributed by atoms with van der Waals surface area (Å²) in [5.74, 6) is 0.410. The molecule has 1 aliphatic heterocycles. The monoisotopic (exact) mass is 342 g/mol. The molecule has 1 aromatic rings. The summed E-state index contributed by atoms with van der Waals surface area (Å²) in [5, 5.41) is 12.7. The summed E-state index contributed by atoms with van der Waals surface area (Å²) in [6.45, 7) is 4.66. The van der Waals surface area contributed by atoms with Crippen LogP contribution in [0.3, 0.4) is 0 Å². The van der Waals surface area contributed by atoms with E-state index in [0.717, 1.165) is 43.7 Å². The van der Waals surface area contributed by atoms with Crippen molar-refractivity contribution in [2.24, 2.45) is 5.92 Å². The zero-order chi connectivity index (χ0) is 14.4. The summed E-state index contributed by atoms with van der Waals surface area (Å²) in [7, 11) is 1.71. The van der Waals surface area contributed by atoms with Crippen molar-refractivity contribution in [3.8, 4) is 0 Å². The van der Waals surface area contributed by atoms with Gasteiger partial charge >= 0.3 is 0 Å². The molecule has 1 aromatic carbocycles. The minimum atomic E-state index is 0.286. The number of hydrogen-bond acceptors (Lipinski definition) is 4. The normalized spacial score (nSPS) is 18.8. The van der Waals surface area contributed by atoms with Crippen molar-refractivity contribution in [3.05, 3.63) is 28.2 Å². The maximum absolute atomic E-state index is 9.28. The third kappa shape index (κ3) is 4.19. The maximum atomic E-state index is 9.28. The second-order valence-corrected chi connectivity index (χ2v) is 6.14. The van der Waals surface area contributed by atoms with E-state index in [1.165, 1.54) is 11.3 Å². The van der Waals surface area contributed by atoms with E-state index in [-0.39, 0.29) is 6.61 Å². The Morgan fingerprint density at radius 1 is 1.50 bits per heavy atom. The fourth-order valence-electron chi connectivity index (χ4n) is 2.60. The lowest BCUT2D eigenvalue weighted by Crippen LogP contribution is -2.24. The van der Waals surface area contributed by atoms with Gasteiger partial charge in [0.15, 0.2) is 0 Å². The van der Waals surface area contributed by atoms with E-state index >= 15 is 0 Å². The molecule has 0 amide bonds. The van der Waals surface area contributed by atoms with Crippen LogP contribution in [0.1, 0.15) is 12.0 Å². The highest BCUT2D eigenvalue weighted by molar-refractivity contribution is 9.10. The van der Waals surface area contributed by atoms with E-state index in [4.69, 9.17) is 4.74 Å². The van der Waals surface area contributed by atoms with E-state index in [1.807, 2.05) is 0 Å². The lowest BCUT2D eigenvalue weighted by atomic mass is 10.1. The van der Waals surface area contributed by atoms with Gasteiger partial charge in [-0.05, 0) is 30.2 Å². The summed E-state index contributed by atoms with van der Waals surface area (Å²) in [6, 6.07) is 6.42. The van der Waals surface area contributed by atoms with E-state index < -0.39 is 0 Å². The average molecular weight is 343 g/mol. The predicted molar refractivity (Wildman–Crippen MR) is 85.1 cm³/mol. The van der Waals surface area contributed by atoms with Crippen LogP contribution in [0.4, 0.5) is 5.69 Å². The average Bonchev–Trinajstić information content (AvgIpc) is 2.92. The molecule has 0 saturated carbocycles. The van der Waals surface area contributed by atoms with Crippen LogP contribution in [-0.4, -0.2) is 45.1 Å². The maximum Gasteiger partial charge on any atom is 0.0587 e. The van der Waals surface area contributed by atoms with E-state index in [9.17, 15) is 5.11 Å². The van der Waals surface area contributed by atoms with Gasteiger partial charge in [-0.3, -0.25) is 0 Å². The number of aliphatic hydroxyl groups excluding tert-OH is 1. The Labute approximate surface area is 129 Å². The van der Waals surface area contributed by atoms with Gasteiger partial charge in [-0.15, -0.1) is 0 Å².